The molecule has 4 aliphatic rings. The van der Waals surface area contributed by atoms with Crippen molar-refractivity contribution in [2.75, 3.05) is 13.6 Å². The summed E-state index contributed by atoms with van der Waals surface area (Å²) >= 11 is 0. The van der Waals surface area contributed by atoms with Gasteiger partial charge in [0.25, 0.3) is 0 Å². The first-order valence-electron chi connectivity index (χ1n) is 9.10. The lowest BCUT2D eigenvalue weighted by molar-refractivity contribution is -0.149. The smallest absolute Gasteiger partial charge is 0.239 e. The van der Waals surface area contributed by atoms with Crippen LogP contribution in [0, 0.1) is 17.3 Å². The molecular formula is C20H26N2O2. The van der Waals surface area contributed by atoms with Crippen LogP contribution in [0.15, 0.2) is 30.3 Å². The van der Waals surface area contributed by atoms with Crippen molar-refractivity contribution in [2.45, 2.75) is 43.9 Å². The Morgan fingerprint density at radius 2 is 1.75 bits per heavy atom. The van der Waals surface area contributed by atoms with Crippen LogP contribution in [0.25, 0.3) is 0 Å². The van der Waals surface area contributed by atoms with Gasteiger partial charge in [-0.2, -0.15) is 0 Å². The quantitative estimate of drug-likeness (QED) is 0.892. The highest BCUT2D eigenvalue weighted by molar-refractivity contribution is 5.88. The number of carbonyl (C=O) groups excluding carboxylic acids is 2. The number of carbonyl (C=O) groups is 2. The molecule has 0 spiro atoms. The topological polar surface area (TPSA) is 58.2 Å². The Hall–Kier alpha value is -1.84. The van der Waals surface area contributed by atoms with E-state index in [1.54, 1.807) is 7.05 Å². The Morgan fingerprint density at radius 1 is 1.08 bits per heavy atom. The predicted molar refractivity (Wildman–Crippen MR) is 92.3 cm³/mol. The second kappa shape index (κ2) is 5.61. The van der Waals surface area contributed by atoms with Crippen LogP contribution in [0.1, 0.15) is 44.1 Å². The molecule has 5 rings (SSSR count). The van der Waals surface area contributed by atoms with Gasteiger partial charge in [-0.25, -0.2) is 0 Å². The van der Waals surface area contributed by atoms with E-state index in [0.717, 1.165) is 19.3 Å². The summed E-state index contributed by atoms with van der Waals surface area (Å²) in [5, 5.41) is 5.48. The zero-order valence-electron chi connectivity index (χ0n) is 14.3. The molecule has 2 atom stereocenters. The standard InChI is InChI=1S/C20H26N2O2/c1-21-17(23)12-22-18(24)20-10-14-7-15(11-20)9-19(8-14,13-20)16-5-3-2-4-6-16/h2-6,14-15H,7-13H2,1H3,(H,21,23)(H,22,24). The fourth-order valence-electron chi connectivity index (χ4n) is 6.09. The number of hydrogen-bond acceptors (Lipinski definition) is 2. The molecule has 4 fully saturated rings. The first kappa shape index (κ1) is 15.7. The van der Waals surface area contributed by atoms with Crippen LogP contribution in [-0.4, -0.2) is 25.4 Å². The van der Waals surface area contributed by atoms with E-state index < -0.39 is 0 Å². The average Bonchev–Trinajstić information content (AvgIpc) is 2.59. The molecule has 24 heavy (non-hydrogen) atoms. The molecule has 2 N–H and O–H groups in total. The summed E-state index contributed by atoms with van der Waals surface area (Å²) in [4.78, 5) is 24.5. The Kier molecular flexibility index (Phi) is 3.66. The van der Waals surface area contributed by atoms with Gasteiger partial charge < -0.3 is 10.6 Å². The summed E-state index contributed by atoms with van der Waals surface area (Å²) < 4.78 is 0. The highest BCUT2D eigenvalue weighted by Gasteiger charge is 2.60. The summed E-state index contributed by atoms with van der Waals surface area (Å²) in [6.45, 7) is 0.0880. The molecule has 4 saturated carbocycles. The molecule has 1 aromatic rings. The molecule has 2 unspecified atom stereocenters. The van der Waals surface area contributed by atoms with Gasteiger partial charge in [-0.3, -0.25) is 9.59 Å². The maximum absolute atomic E-state index is 13.0. The number of nitrogens with one attached hydrogen (secondary N) is 2. The molecule has 0 aliphatic heterocycles. The lowest BCUT2D eigenvalue weighted by Crippen LogP contribution is -2.59. The van der Waals surface area contributed by atoms with Gasteiger partial charge in [-0.15, -0.1) is 0 Å². The molecule has 1 aromatic carbocycles. The third-order valence-electron chi connectivity index (χ3n) is 6.62. The van der Waals surface area contributed by atoms with Crippen LogP contribution < -0.4 is 10.6 Å². The lowest BCUT2D eigenvalue weighted by atomic mass is 9.42. The van der Waals surface area contributed by atoms with E-state index >= 15 is 0 Å². The summed E-state index contributed by atoms with van der Waals surface area (Å²) in [6.07, 6.45) is 6.65. The van der Waals surface area contributed by atoms with Crippen molar-refractivity contribution < 1.29 is 9.59 Å². The molecular weight excluding hydrogens is 300 g/mol. The van der Waals surface area contributed by atoms with E-state index in [0.29, 0.717) is 11.8 Å². The Bertz CT molecular complexity index is 641. The number of hydrogen-bond donors (Lipinski definition) is 2. The monoisotopic (exact) mass is 326 g/mol. The number of likely N-dealkylation sites (N-methyl/N-ethyl adjacent to an activating group) is 1. The summed E-state index contributed by atoms with van der Waals surface area (Å²) in [5.41, 5.74) is 1.30. The molecule has 0 heterocycles. The van der Waals surface area contributed by atoms with Crippen molar-refractivity contribution in [1.82, 2.24) is 10.6 Å². The minimum atomic E-state index is -0.270. The van der Waals surface area contributed by atoms with Gasteiger partial charge in [0.2, 0.25) is 11.8 Å². The van der Waals surface area contributed by atoms with Gasteiger partial charge in [0.1, 0.15) is 0 Å². The number of benzene rings is 1. The average molecular weight is 326 g/mol. The van der Waals surface area contributed by atoms with Crippen molar-refractivity contribution in [3.63, 3.8) is 0 Å². The van der Waals surface area contributed by atoms with Crippen molar-refractivity contribution in [3.05, 3.63) is 35.9 Å². The third kappa shape index (κ3) is 2.43. The fraction of sp³-hybridized carbons (Fsp3) is 0.600. The predicted octanol–water partition coefficient (Wildman–Crippen LogP) is 2.39. The Morgan fingerprint density at radius 3 is 2.38 bits per heavy atom. The first-order valence-corrected chi connectivity index (χ1v) is 9.10. The molecule has 4 aliphatic carbocycles. The van der Waals surface area contributed by atoms with E-state index in [4.69, 9.17) is 0 Å². The van der Waals surface area contributed by atoms with E-state index in [2.05, 4.69) is 41.0 Å². The van der Waals surface area contributed by atoms with Crippen molar-refractivity contribution in [3.8, 4) is 0 Å². The lowest BCUT2D eigenvalue weighted by Gasteiger charge is -2.61. The first-order chi connectivity index (χ1) is 11.6. The molecule has 0 aromatic heterocycles. The molecule has 0 radical (unpaired) electrons. The highest BCUT2D eigenvalue weighted by atomic mass is 16.2. The van der Waals surface area contributed by atoms with Gasteiger partial charge in [0.05, 0.1) is 12.0 Å². The van der Waals surface area contributed by atoms with E-state index in [9.17, 15) is 9.59 Å². The number of amides is 2. The molecule has 4 heteroatoms. The van der Waals surface area contributed by atoms with Crippen molar-refractivity contribution in [2.24, 2.45) is 17.3 Å². The van der Waals surface area contributed by atoms with Crippen LogP contribution in [0.5, 0.6) is 0 Å². The minimum Gasteiger partial charge on any atom is -0.358 e. The van der Waals surface area contributed by atoms with Gasteiger partial charge in [-0.05, 0) is 61.3 Å². The van der Waals surface area contributed by atoms with Crippen LogP contribution in [-0.2, 0) is 15.0 Å². The van der Waals surface area contributed by atoms with Crippen LogP contribution >= 0.6 is 0 Å². The summed E-state index contributed by atoms with van der Waals surface area (Å²) in [6, 6.07) is 10.8. The second-order valence-electron chi connectivity index (χ2n) is 8.24. The molecule has 4 bridgehead atoms. The minimum absolute atomic E-state index is 0.0880. The Balaban J connectivity index is 1.61. The van der Waals surface area contributed by atoms with Crippen LogP contribution in [0.2, 0.25) is 0 Å². The SMILES string of the molecule is CNC(=O)CNC(=O)C12CC3CC(C1)CC(c1ccccc1)(C3)C2. The number of rotatable bonds is 4. The van der Waals surface area contributed by atoms with Crippen LogP contribution in [0.3, 0.4) is 0 Å². The Labute approximate surface area is 143 Å². The van der Waals surface area contributed by atoms with E-state index in [1.165, 1.54) is 24.8 Å². The van der Waals surface area contributed by atoms with E-state index in [1.807, 2.05) is 0 Å². The van der Waals surface area contributed by atoms with Gasteiger partial charge in [0, 0.05) is 7.05 Å². The van der Waals surface area contributed by atoms with Crippen molar-refractivity contribution >= 4 is 11.8 Å². The fourth-order valence-corrected chi connectivity index (χ4v) is 6.09. The van der Waals surface area contributed by atoms with Gasteiger partial charge in [-0.1, -0.05) is 30.3 Å². The largest absolute Gasteiger partial charge is 0.358 e. The zero-order valence-corrected chi connectivity index (χ0v) is 14.3. The summed E-state index contributed by atoms with van der Waals surface area (Å²) in [7, 11) is 1.60. The molecule has 2 amide bonds. The maximum Gasteiger partial charge on any atom is 0.239 e. The second-order valence-corrected chi connectivity index (χ2v) is 8.24. The maximum atomic E-state index is 13.0. The third-order valence-corrected chi connectivity index (χ3v) is 6.62. The highest BCUT2D eigenvalue weighted by Crippen LogP contribution is 2.65. The summed E-state index contributed by atoms with van der Waals surface area (Å²) in [5.74, 6) is 1.26. The van der Waals surface area contributed by atoms with E-state index in [-0.39, 0.29) is 29.2 Å². The molecule has 4 nitrogen and oxygen atoms in total. The van der Waals surface area contributed by atoms with Gasteiger partial charge in [0.15, 0.2) is 0 Å². The van der Waals surface area contributed by atoms with Crippen molar-refractivity contribution in [1.29, 1.82) is 0 Å². The zero-order chi connectivity index (χ0) is 16.8. The normalized spacial score (nSPS) is 36.4. The van der Waals surface area contributed by atoms with Crippen LogP contribution in [0.4, 0.5) is 0 Å². The molecule has 128 valence electrons. The molecule has 0 saturated heterocycles. The van der Waals surface area contributed by atoms with Gasteiger partial charge >= 0.3 is 0 Å².